The van der Waals surface area contributed by atoms with Crippen LogP contribution in [0.2, 0.25) is 0 Å². The van der Waals surface area contributed by atoms with Crippen LogP contribution in [-0.2, 0) is 16.6 Å². The summed E-state index contributed by atoms with van der Waals surface area (Å²) < 4.78 is 26.8. The van der Waals surface area contributed by atoms with Gasteiger partial charge in [0, 0.05) is 57.0 Å². The second-order valence-electron chi connectivity index (χ2n) is 6.36. The van der Waals surface area contributed by atoms with E-state index >= 15 is 0 Å². The highest BCUT2D eigenvalue weighted by atomic mass is 32.2. The van der Waals surface area contributed by atoms with E-state index in [4.69, 9.17) is 0 Å². The van der Waals surface area contributed by atoms with Gasteiger partial charge in [0.1, 0.15) is 0 Å². The summed E-state index contributed by atoms with van der Waals surface area (Å²) >= 11 is 0. The zero-order chi connectivity index (χ0) is 20.3. The van der Waals surface area contributed by atoms with Gasteiger partial charge in [-0.05, 0) is 17.7 Å². The third-order valence-electron chi connectivity index (χ3n) is 4.54. The fourth-order valence-corrected chi connectivity index (χ4v) is 4.47. The van der Waals surface area contributed by atoms with E-state index in [0.29, 0.717) is 19.6 Å². The Bertz CT molecular complexity index is 985. The summed E-state index contributed by atoms with van der Waals surface area (Å²) in [4.78, 5) is 22.6. The molecule has 0 radical (unpaired) electrons. The topological polar surface area (TPSA) is 127 Å². The normalized spacial score (nSPS) is 16.0. The second-order valence-corrected chi connectivity index (χ2v) is 8.30. The first-order chi connectivity index (χ1) is 13.3. The fourth-order valence-electron chi connectivity index (χ4n) is 3.04. The van der Waals surface area contributed by atoms with E-state index in [1.54, 1.807) is 12.1 Å². The van der Waals surface area contributed by atoms with Crippen molar-refractivity contribution in [3.05, 3.63) is 74.3 Å². The number of nitro benzene ring substituents is 2. The van der Waals surface area contributed by atoms with Crippen LogP contribution in [0.25, 0.3) is 0 Å². The van der Waals surface area contributed by atoms with E-state index in [2.05, 4.69) is 0 Å². The fraction of sp³-hybridized carbons (Fsp3) is 0.294. The molecule has 0 N–H and O–H groups in total. The average molecular weight is 406 g/mol. The maximum atomic E-state index is 12.7. The molecule has 0 aromatic heterocycles. The number of benzene rings is 2. The largest absolute Gasteiger partial charge is 0.296 e. The van der Waals surface area contributed by atoms with Crippen LogP contribution in [0, 0.1) is 20.2 Å². The van der Waals surface area contributed by atoms with Crippen LogP contribution >= 0.6 is 0 Å². The van der Waals surface area contributed by atoms with Crippen molar-refractivity contribution in [1.29, 1.82) is 0 Å². The van der Waals surface area contributed by atoms with Crippen molar-refractivity contribution in [2.24, 2.45) is 0 Å². The van der Waals surface area contributed by atoms with Gasteiger partial charge in [-0.3, -0.25) is 25.1 Å². The lowest BCUT2D eigenvalue weighted by Crippen LogP contribution is -2.48. The molecule has 0 saturated carbocycles. The Labute approximate surface area is 161 Å². The SMILES string of the molecule is O=[N+]([O-])c1ccc(S(=O)(=O)N2CCN(Cc3cccc([N+](=O)[O-])c3)CC2)cc1. The minimum atomic E-state index is -3.72. The van der Waals surface area contributed by atoms with Gasteiger partial charge in [0.15, 0.2) is 0 Å². The molecule has 1 heterocycles. The van der Waals surface area contributed by atoms with Crippen LogP contribution in [0.3, 0.4) is 0 Å². The third kappa shape index (κ3) is 4.32. The van der Waals surface area contributed by atoms with Crippen molar-refractivity contribution in [3.8, 4) is 0 Å². The van der Waals surface area contributed by atoms with Crippen LogP contribution < -0.4 is 0 Å². The number of non-ortho nitro benzene ring substituents is 2. The molecule has 148 valence electrons. The first-order valence-electron chi connectivity index (χ1n) is 8.47. The summed E-state index contributed by atoms with van der Waals surface area (Å²) in [6.45, 7) is 2.00. The minimum absolute atomic E-state index is 0.0187. The van der Waals surface area contributed by atoms with Gasteiger partial charge in [-0.2, -0.15) is 4.31 Å². The van der Waals surface area contributed by atoms with Gasteiger partial charge in [-0.25, -0.2) is 8.42 Å². The van der Waals surface area contributed by atoms with E-state index in [1.165, 1.54) is 40.7 Å². The molecule has 0 bridgehead atoms. The molecule has 0 spiro atoms. The minimum Gasteiger partial charge on any atom is -0.296 e. The zero-order valence-corrected chi connectivity index (χ0v) is 15.6. The smallest absolute Gasteiger partial charge is 0.269 e. The molecule has 11 heteroatoms. The van der Waals surface area contributed by atoms with Gasteiger partial charge in [0.25, 0.3) is 11.4 Å². The highest BCUT2D eigenvalue weighted by Crippen LogP contribution is 2.22. The highest BCUT2D eigenvalue weighted by Gasteiger charge is 2.29. The summed E-state index contributed by atoms with van der Waals surface area (Å²) in [6, 6.07) is 11.2. The average Bonchev–Trinajstić information content (AvgIpc) is 2.68. The van der Waals surface area contributed by atoms with Crippen molar-refractivity contribution in [2.75, 3.05) is 26.2 Å². The van der Waals surface area contributed by atoms with Gasteiger partial charge in [0.05, 0.1) is 14.7 Å². The maximum absolute atomic E-state index is 12.7. The predicted molar refractivity (Wildman–Crippen MR) is 100 cm³/mol. The van der Waals surface area contributed by atoms with E-state index in [1.807, 2.05) is 4.90 Å². The number of hydrogen-bond donors (Lipinski definition) is 0. The van der Waals surface area contributed by atoms with Crippen LogP contribution in [0.4, 0.5) is 11.4 Å². The van der Waals surface area contributed by atoms with E-state index in [0.717, 1.165) is 5.56 Å². The number of rotatable bonds is 6. The molecule has 10 nitrogen and oxygen atoms in total. The molecule has 3 rings (SSSR count). The molecular weight excluding hydrogens is 388 g/mol. The Hall–Kier alpha value is -2.89. The van der Waals surface area contributed by atoms with Gasteiger partial charge in [-0.15, -0.1) is 0 Å². The summed E-state index contributed by atoms with van der Waals surface area (Å²) in [5, 5.41) is 21.6. The maximum Gasteiger partial charge on any atom is 0.269 e. The van der Waals surface area contributed by atoms with E-state index < -0.39 is 19.9 Å². The standard InChI is InChI=1S/C17H18N4O6S/c22-20(23)15-4-6-17(7-5-15)28(26,27)19-10-8-18(9-11-19)13-14-2-1-3-16(12-14)21(24)25/h1-7,12H,8-11,13H2. The van der Waals surface area contributed by atoms with Crippen LogP contribution in [-0.4, -0.2) is 53.6 Å². The molecule has 0 unspecified atom stereocenters. The molecule has 1 aliphatic rings. The van der Waals surface area contributed by atoms with E-state index in [9.17, 15) is 28.6 Å². The molecule has 0 aliphatic carbocycles. The molecule has 28 heavy (non-hydrogen) atoms. The summed E-state index contributed by atoms with van der Waals surface area (Å²) in [5.74, 6) is 0. The number of nitrogens with zero attached hydrogens (tertiary/aromatic N) is 4. The van der Waals surface area contributed by atoms with Crippen LogP contribution in [0.1, 0.15) is 5.56 Å². The quantitative estimate of drug-likeness (QED) is 0.530. The molecule has 2 aromatic rings. The van der Waals surface area contributed by atoms with Gasteiger partial charge < -0.3 is 0 Å². The molecule has 1 aliphatic heterocycles. The van der Waals surface area contributed by atoms with Gasteiger partial charge in [-0.1, -0.05) is 12.1 Å². The van der Waals surface area contributed by atoms with E-state index in [-0.39, 0.29) is 29.4 Å². The molecule has 1 fully saturated rings. The van der Waals surface area contributed by atoms with Crippen molar-refractivity contribution in [1.82, 2.24) is 9.21 Å². The van der Waals surface area contributed by atoms with Gasteiger partial charge in [0.2, 0.25) is 10.0 Å². The van der Waals surface area contributed by atoms with Crippen molar-refractivity contribution >= 4 is 21.4 Å². The Kier molecular flexibility index (Phi) is 5.68. The highest BCUT2D eigenvalue weighted by molar-refractivity contribution is 7.89. The van der Waals surface area contributed by atoms with Crippen molar-refractivity contribution in [3.63, 3.8) is 0 Å². The molecule has 1 saturated heterocycles. The lowest BCUT2D eigenvalue weighted by molar-refractivity contribution is -0.385. The van der Waals surface area contributed by atoms with Crippen LogP contribution in [0.5, 0.6) is 0 Å². The summed E-state index contributed by atoms with van der Waals surface area (Å²) in [5.41, 5.74) is 0.651. The second kappa shape index (κ2) is 8.00. The Balaban J connectivity index is 1.63. The Morgan fingerprint density at radius 1 is 0.857 bits per heavy atom. The number of sulfonamides is 1. The monoisotopic (exact) mass is 406 g/mol. The number of piperazine rings is 1. The third-order valence-corrected chi connectivity index (χ3v) is 6.46. The lowest BCUT2D eigenvalue weighted by atomic mass is 10.2. The van der Waals surface area contributed by atoms with Gasteiger partial charge >= 0.3 is 0 Å². The molecule has 2 aromatic carbocycles. The Morgan fingerprint density at radius 3 is 2.04 bits per heavy atom. The van der Waals surface area contributed by atoms with Crippen molar-refractivity contribution < 1.29 is 18.3 Å². The molecule has 0 amide bonds. The molecular formula is C17H18N4O6S. The summed E-state index contributed by atoms with van der Waals surface area (Å²) in [6.07, 6.45) is 0. The molecule has 0 atom stereocenters. The lowest BCUT2D eigenvalue weighted by Gasteiger charge is -2.33. The first-order valence-corrected chi connectivity index (χ1v) is 9.92. The summed E-state index contributed by atoms with van der Waals surface area (Å²) in [7, 11) is -3.72. The first kappa shape index (κ1) is 19.9. The Morgan fingerprint density at radius 2 is 1.46 bits per heavy atom. The van der Waals surface area contributed by atoms with Crippen molar-refractivity contribution in [2.45, 2.75) is 11.4 Å². The number of nitro groups is 2. The number of hydrogen-bond acceptors (Lipinski definition) is 7. The predicted octanol–water partition coefficient (Wildman–Crippen LogP) is 2.01. The van der Waals surface area contributed by atoms with Crippen LogP contribution in [0.15, 0.2) is 53.4 Å². The zero-order valence-electron chi connectivity index (χ0n) is 14.8.